The second kappa shape index (κ2) is 12.3. The number of imidazole rings is 1. The number of nitriles is 1. The van der Waals surface area contributed by atoms with E-state index in [1.807, 2.05) is 43.6 Å². The summed E-state index contributed by atoms with van der Waals surface area (Å²) in [5.74, 6) is -0.0271. The van der Waals surface area contributed by atoms with E-state index >= 15 is 0 Å². The highest BCUT2D eigenvalue weighted by Crippen LogP contribution is 2.51. The van der Waals surface area contributed by atoms with Crippen molar-refractivity contribution in [2.24, 2.45) is 0 Å². The normalized spacial score (nSPS) is 16.2. The zero-order chi connectivity index (χ0) is 29.7. The van der Waals surface area contributed by atoms with Gasteiger partial charge in [0.15, 0.2) is 0 Å². The Kier molecular flexibility index (Phi) is 8.18. The van der Waals surface area contributed by atoms with Gasteiger partial charge in [0.05, 0.1) is 40.8 Å². The number of hydrogen-bond donors (Lipinski definition) is 0. The van der Waals surface area contributed by atoms with Crippen molar-refractivity contribution in [3.05, 3.63) is 161 Å². The van der Waals surface area contributed by atoms with Crippen molar-refractivity contribution in [1.29, 1.82) is 5.26 Å². The molecule has 5 nitrogen and oxygen atoms in total. The SMILES string of the molecule is CCOC(=O)CSC1(c2cn(C(c3ccccc3)(c3ccccc3)c3ccccc3)cn2)CCCc2cc(C#N)ccc21. The number of aromatic nitrogens is 2. The molecule has 6 rings (SSSR count). The molecule has 43 heavy (non-hydrogen) atoms. The molecule has 1 atom stereocenters. The Bertz CT molecular complexity index is 1650. The average Bonchev–Trinajstić information content (AvgIpc) is 3.57. The fourth-order valence-electron chi connectivity index (χ4n) is 6.50. The summed E-state index contributed by atoms with van der Waals surface area (Å²) in [6, 6.07) is 39.8. The lowest BCUT2D eigenvalue weighted by atomic mass is 9.76. The van der Waals surface area contributed by atoms with Crippen molar-refractivity contribution in [1.82, 2.24) is 9.55 Å². The van der Waals surface area contributed by atoms with Crippen LogP contribution in [0.2, 0.25) is 0 Å². The van der Waals surface area contributed by atoms with E-state index in [0.717, 1.165) is 52.8 Å². The number of carbonyl (C=O) groups excluding carboxylic acids is 1. The number of aryl methyl sites for hydroxylation is 1. The standard InChI is InChI=1S/C37H33N3O2S/c1-2-42-35(41)26-43-36(22-12-13-29-23-28(24-38)20-21-33(29)36)34-25-40(27-39-34)37(30-14-6-3-7-15-30,31-16-8-4-9-17-31)32-18-10-5-11-19-32/h3-11,14-21,23,25,27H,2,12-13,22,26H2,1H3. The molecule has 0 bridgehead atoms. The summed E-state index contributed by atoms with van der Waals surface area (Å²) in [6.45, 7) is 2.17. The van der Waals surface area contributed by atoms with Crippen LogP contribution in [-0.2, 0) is 26.2 Å². The van der Waals surface area contributed by atoms with Gasteiger partial charge in [-0.25, -0.2) is 4.98 Å². The van der Waals surface area contributed by atoms with Crippen molar-refractivity contribution in [3.8, 4) is 6.07 Å². The fourth-order valence-corrected chi connectivity index (χ4v) is 7.85. The van der Waals surface area contributed by atoms with Gasteiger partial charge >= 0.3 is 5.97 Å². The van der Waals surface area contributed by atoms with Crippen LogP contribution in [0.15, 0.2) is 122 Å². The zero-order valence-electron chi connectivity index (χ0n) is 24.1. The first-order valence-electron chi connectivity index (χ1n) is 14.7. The molecule has 0 saturated carbocycles. The van der Waals surface area contributed by atoms with E-state index < -0.39 is 10.3 Å². The van der Waals surface area contributed by atoms with Gasteiger partial charge in [-0.1, -0.05) is 97.1 Å². The van der Waals surface area contributed by atoms with E-state index in [2.05, 4.69) is 95.7 Å². The Morgan fingerprint density at radius 2 is 1.56 bits per heavy atom. The molecule has 1 aliphatic rings. The summed E-state index contributed by atoms with van der Waals surface area (Å²) in [7, 11) is 0. The Morgan fingerprint density at radius 3 is 2.12 bits per heavy atom. The van der Waals surface area contributed by atoms with Crippen molar-refractivity contribution in [2.45, 2.75) is 36.5 Å². The number of thioether (sulfide) groups is 1. The van der Waals surface area contributed by atoms with Crippen molar-refractivity contribution in [3.63, 3.8) is 0 Å². The molecular formula is C37H33N3O2S. The van der Waals surface area contributed by atoms with E-state index in [-0.39, 0.29) is 11.7 Å². The van der Waals surface area contributed by atoms with Crippen molar-refractivity contribution in [2.75, 3.05) is 12.4 Å². The van der Waals surface area contributed by atoms with Crippen LogP contribution in [-0.4, -0.2) is 27.9 Å². The van der Waals surface area contributed by atoms with Gasteiger partial charge in [0.2, 0.25) is 0 Å². The molecule has 0 amide bonds. The smallest absolute Gasteiger partial charge is 0.315 e. The molecule has 0 aliphatic heterocycles. The minimum Gasteiger partial charge on any atom is -0.465 e. The van der Waals surface area contributed by atoms with Gasteiger partial charge in [-0.3, -0.25) is 4.79 Å². The molecule has 4 aromatic carbocycles. The second-order valence-corrected chi connectivity index (χ2v) is 12.0. The maximum atomic E-state index is 12.7. The maximum absolute atomic E-state index is 12.7. The number of nitrogens with zero attached hydrogens (tertiary/aromatic N) is 3. The topological polar surface area (TPSA) is 67.9 Å². The Hall–Kier alpha value is -4.60. The lowest BCUT2D eigenvalue weighted by molar-refractivity contribution is -0.139. The van der Waals surface area contributed by atoms with Crippen molar-refractivity contribution < 1.29 is 9.53 Å². The van der Waals surface area contributed by atoms with E-state index in [4.69, 9.17) is 9.72 Å². The fraction of sp³-hybridized carbons (Fsp3) is 0.216. The molecule has 214 valence electrons. The van der Waals surface area contributed by atoms with Crippen LogP contribution < -0.4 is 0 Å². The summed E-state index contributed by atoms with van der Waals surface area (Å²) in [4.78, 5) is 17.8. The highest BCUT2D eigenvalue weighted by Gasteiger charge is 2.44. The maximum Gasteiger partial charge on any atom is 0.315 e. The number of ether oxygens (including phenoxy) is 1. The highest BCUT2D eigenvalue weighted by atomic mass is 32.2. The van der Waals surface area contributed by atoms with Crippen LogP contribution in [0.5, 0.6) is 0 Å². The molecule has 5 aromatic rings. The monoisotopic (exact) mass is 583 g/mol. The average molecular weight is 584 g/mol. The van der Waals surface area contributed by atoms with Crippen LogP contribution >= 0.6 is 11.8 Å². The van der Waals surface area contributed by atoms with Gasteiger partial charge < -0.3 is 9.30 Å². The molecule has 1 aliphatic carbocycles. The van der Waals surface area contributed by atoms with Crippen molar-refractivity contribution >= 4 is 17.7 Å². The van der Waals surface area contributed by atoms with Gasteiger partial charge in [-0.2, -0.15) is 5.26 Å². The summed E-state index contributed by atoms with van der Waals surface area (Å²) in [6.07, 6.45) is 6.73. The van der Waals surface area contributed by atoms with E-state index in [0.29, 0.717) is 12.2 Å². The summed E-state index contributed by atoms with van der Waals surface area (Å²) < 4.78 is 7.00. The van der Waals surface area contributed by atoms with E-state index in [1.165, 1.54) is 0 Å². The Morgan fingerprint density at radius 1 is 0.953 bits per heavy atom. The second-order valence-electron chi connectivity index (χ2n) is 10.7. The number of esters is 1. The quantitative estimate of drug-likeness (QED) is 0.133. The van der Waals surface area contributed by atoms with Gasteiger partial charge in [0, 0.05) is 6.20 Å². The third-order valence-corrected chi connectivity index (χ3v) is 9.85. The van der Waals surface area contributed by atoms with Gasteiger partial charge in [0.1, 0.15) is 5.54 Å². The van der Waals surface area contributed by atoms with E-state index in [1.54, 1.807) is 11.8 Å². The number of carbonyl (C=O) groups is 1. The van der Waals surface area contributed by atoms with Crippen LogP contribution in [0.3, 0.4) is 0 Å². The summed E-state index contributed by atoms with van der Waals surface area (Å²) >= 11 is 1.58. The summed E-state index contributed by atoms with van der Waals surface area (Å²) in [5, 5.41) is 9.61. The molecule has 0 N–H and O–H groups in total. The minimum absolute atomic E-state index is 0.210. The molecule has 1 unspecified atom stereocenters. The predicted octanol–water partition coefficient (Wildman–Crippen LogP) is 7.47. The molecule has 1 heterocycles. The molecule has 0 fully saturated rings. The van der Waals surface area contributed by atoms with Gasteiger partial charge in [-0.15, -0.1) is 11.8 Å². The highest BCUT2D eigenvalue weighted by molar-refractivity contribution is 8.01. The molecule has 6 heteroatoms. The van der Waals surface area contributed by atoms with Gasteiger partial charge in [-0.05, 0) is 66.1 Å². The first-order valence-corrected chi connectivity index (χ1v) is 15.6. The van der Waals surface area contributed by atoms with E-state index in [9.17, 15) is 10.1 Å². The Labute approximate surface area is 257 Å². The van der Waals surface area contributed by atoms with Crippen LogP contribution in [0.25, 0.3) is 0 Å². The van der Waals surface area contributed by atoms with Gasteiger partial charge in [0.25, 0.3) is 0 Å². The lowest BCUT2D eigenvalue weighted by Gasteiger charge is -2.39. The molecule has 1 aromatic heterocycles. The number of benzene rings is 4. The first-order chi connectivity index (χ1) is 21.1. The largest absolute Gasteiger partial charge is 0.465 e. The lowest BCUT2D eigenvalue weighted by Crippen LogP contribution is -2.37. The third kappa shape index (κ3) is 5.15. The molecule has 0 saturated heterocycles. The Balaban J connectivity index is 1.58. The first kappa shape index (κ1) is 28.5. The zero-order valence-corrected chi connectivity index (χ0v) is 25.0. The molecular weight excluding hydrogens is 550 g/mol. The number of rotatable bonds is 9. The minimum atomic E-state index is -0.690. The predicted molar refractivity (Wildman–Crippen MR) is 171 cm³/mol. The van der Waals surface area contributed by atoms with Crippen LogP contribution in [0, 0.1) is 11.3 Å². The summed E-state index contributed by atoms with van der Waals surface area (Å²) in [5.41, 5.74) is 6.45. The number of hydrogen-bond acceptors (Lipinski definition) is 5. The molecule has 0 spiro atoms. The molecule has 0 radical (unpaired) electrons. The number of fused-ring (bicyclic) bond motifs is 1. The van der Waals surface area contributed by atoms with Crippen LogP contribution in [0.1, 0.15) is 58.8 Å². The third-order valence-electron chi connectivity index (χ3n) is 8.34. The van der Waals surface area contributed by atoms with Crippen LogP contribution in [0.4, 0.5) is 0 Å².